The molecule has 4 nitrogen and oxygen atoms in total. The molecule has 0 saturated carbocycles. The molecule has 0 saturated heterocycles. The first-order chi connectivity index (χ1) is 5.88. The maximum Gasteiger partial charge on any atom is 0.154 e. The number of hydrogen-bond acceptors (Lipinski definition) is 3. The Morgan fingerprint density at radius 1 is 1.75 bits per heavy atom. The molecule has 0 aliphatic carbocycles. The van der Waals surface area contributed by atoms with Gasteiger partial charge in [0.15, 0.2) is 5.82 Å². The van der Waals surface area contributed by atoms with E-state index in [1.807, 2.05) is 10.8 Å². The van der Waals surface area contributed by atoms with Crippen molar-refractivity contribution in [3.8, 4) is 0 Å². The number of oxime groups is 1. The topological polar surface area (TPSA) is 50.4 Å². The van der Waals surface area contributed by atoms with Crippen LogP contribution in [0.5, 0.6) is 0 Å². The molecule has 1 heterocycles. The first kappa shape index (κ1) is 9.25. The Morgan fingerprint density at radius 2 is 2.58 bits per heavy atom. The van der Waals surface area contributed by atoms with Gasteiger partial charge in [-0.25, -0.2) is 4.98 Å². The van der Waals surface area contributed by atoms with Crippen LogP contribution in [-0.2, 0) is 6.54 Å². The highest BCUT2D eigenvalue weighted by Crippen LogP contribution is 1.98. The summed E-state index contributed by atoms with van der Waals surface area (Å²) in [6.07, 6.45) is 5.90. The molecule has 0 atom stereocenters. The summed E-state index contributed by atoms with van der Waals surface area (Å²) in [7, 11) is 0. The Morgan fingerprint density at radius 3 is 3.25 bits per heavy atom. The third kappa shape index (κ3) is 2.34. The van der Waals surface area contributed by atoms with E-state index in [9.17, 15) is 0 Å². The van der Waals surface area contributed by atoms with E-state index >= 15 is 0 Å². The Balaban J connectivity index is 2.63. The van der Waals surface area contributed by atoms with Crippen molar-refractivity contribution >= 4 is 22.1 Å². The van der Waals surface area contributed by atoms with Crippen molar-refractivity contribution in [1.82, 2.24) is 9.55 Å². The molecular weight excluding hydrogens is 222 g/mol. The van der Waals surface area contributed by atoms with Crippen LogP contribution in [-0.4, -0.2) is 26.3 Å². The fourth-order valence-electron chi connectivity index (χ4n) is 0.919. The molecule has 0 aliphatic heterocycles. The minimum atomic E-state index is 0.679. The molecule has 1 aromatic heterocycles. The van der Waals surface area contributed by atoms with E-state index in [1.165, 1.54) is 6.21 Å². The lowest BCUT2D eigenvalue weighted by molar-refractivity contribution is 0.321. The Kier molecular flexibility index (Phi) is 3.79. The van der Waals surface area contributed by atoms with Crippen LogP contribution in [0.2, 0.25) is 0 Å². The monoisotopic (exact) mass is 231 g/mol. The van der Waals surface area contributed by atoms with Gasteiger partial charge in [-0.3, -0.25) is 0 Å². The molecule has 1 rings (SSSR count). The molecule has 0 bridgehead atoms. The van der Waals surface area contributed by atoms with Crippen molar-refractivity contribution in [2.24, 2.45) is 5.16 Å². The zero-order valence-corrected chi connectivity index (χ0v) is 8.11. The number of rotatable bonds is 4. The van der Waals surface area contributed by atoms with Crippen molar-refractivity contribution in [2.75, 3.05) is 5.33 Å². The molecule has 66 valence electrons. The molecule has 1 N–H and O–H groups in total. The number of aromatic nitrogens is 2. The molecule has 0 spiro atoms. The predicted molar refractivity (Wildman–Crippen MR) is 50.0 cm³/mol. The van der Waals surface area contributed by atoms with E-state index in [2.05, 4.69) is 26.1 Å². The minimum absolute atomic E-state index is 0.679. The lowest BCUT2D eigenvalue weighted by Gasteiger charge is -2.00. The summed E-state index contributed by atoms with van der Waals surface area (Å²) < 4.78 is 1.93. The highest BCUT2D eigenvalue weighted by atomic mass is 79.9. The first-order valence-corrected chi connectivity index (χ1v) is 4.75. The average Bonchev–Trinajstić information content (AvgIpc) is 2.50. The van der Waals surface area contributed by atoms with E-state index < -0.39 is 0 Å². The van der Waals surface area contributed by atoms with Crippen molar-refractivity contribution in [3.05, 3.63) is 18.2 Å². The molecule has 0 aliphatic rings. The van der Waals surface area contributed by atoms with Gasteiger partial charge in [0.1, 0.15) is 6.21 Å². The smallest absolute Gasteiger partial charge is 0.154 e. The zero-order valence-electron chi connectivity index (χ0n) is 6.52. The van der Waals surface area contributed by atoms with Crippen molar-refractivity contribution in [1.29, 1.82) is 0 Å². The highest BCUT2D eigenvalue weighted by molar-refractivity contribution is 9.09. The van der Waals surface area contributed by atoms with Crippen molar-refractivity contribution in [3.63, 3.8) is 0 Å². The van der Waals surface area contributed by atoms with Gasteiger partial charge in [-0.05, 0) is 6.42 Å². The summed E-state index contributed by atoms with van der Waals surface area (Å²) in [5.41, 5.74) is 0. The van der Waals surface area contributed by atoms with Crippen LogP contribution < -0.4 is 0 Å². The van der Waals surface area contributed by atoms with Gasteiger partial charge in [0.25, 0.3) is 0 Å². The molecule has 0 radical (unpaired) electrons. The van der Waals surface area contributed by atoms with Crippen LogP contribution >= 0.6 is 15.9 Å². The van der Waals surface area contributed by atoms with Crippen LogP contribution in [0, 0.1) is 0 Å². The Hall–Kier alpha value is -0.840. The maximum atomic E-state index is 8.29. The summed E-state index contributed by atoms with van der Waals surface area (Å²) in [5, 5.41) is 12.2. The normalized spacial score (nSPS) is 11.1. The Labute approximate surface area is 79.0 Å². The summed E-state index contributed by atoms with van der Waals surface area (Å²) in [6.45, 7) is 0.882. The van der Waals surface area contributed by atoms with Crippen LogP contribution in [0.4, 0.5) is 0 Å². The van der Waals surface area contributed by atoms with Crippen LogP contribution in [0.3, 0.4) is 0 Å². The van der Waals surface area contributed by atoms with Gasteiger partial charge in [0.05, 0.1) is 0 Å². The number of imidazole rings is 1. The Bertz CT molecular complexity index is 259. The zero-order chi connectivity index (χ0) is 8.81. The van der Waals surface area contributed by atoms with Crippen molar-refractivity contribution < 1.29 is 5.21 Å². The van der Waals surface area contributed by atoms with E-state index in [0.717, 1.165) is 18.3 Å². The third-order valence-electron chi connectivity index (χ3n) is 1.45. The number of hydrogen-bond donors (Lipinski definition) is 1. The first-order valence-electron chi connectivity index (χ1n) is 3.63. The van der Waals surface area contributed by atoms with Gasteiger partial charge < -0.3 is 9.77 Å². The highest BCUT2D eigenvalue weighted by Gasteiger charge is 1.97. The quantitative estimate of drug-likeness (QED) is 0.370. The van der Waals surface area contributed by atoms with E-state index in [0.29, 0.717) is 5.82 Å². The molecular formula is C7H10BrN3O. The van der Waals surface area contributed by atoms with Crippen molar-refractivity contribution in [2.45, 2.75) is 13.0 Å². The number of nitrogens with zero attached hydrogens (tertiary/aromatic N) is 3. The molecule has 0 fully saturated rings. The number of halogens is 1. The minimum Gasteiger partial charge on any atom is -0.411 e. The molecule has 12 heavy (non-hydrogen) atoms. The lowest BCUT2D eigenvalue weighted by Crippen LogP contribution is -2.02. The van der Waals surface area contributed by atoms with E-state index in [4.69, 9.17) is 5.21 Å². The summed E-state index contributed by atoms with van der Waals surface area (Å²) in [6, 6.07) is 0. The lowest BCUT2D eigenvalue weighted by atomic mass is 10.4. The summed E-state index contributed by atoms with van der Waals surface area (Å²) >= 11 is 3.34. The largest absolute Gasteiger partial charge is 0.411 e. The average molecular weight is 232 g/mol. The molecule has 1 aromatic rings. The SMILES string of the molecule is O/N=C\c1nccn1CCCBr. The van der Waals surface area contributed by atoms with Crippen LogP contribution in [0.25, 0.3) is 0 Å². The van der Waals surface area contributed by atoms with Gasteiger partial charge in [0, 0.05) is 24.3 Å². The fourth-order valence-corrected chi connectivity index (χ4v) is 1.17. The van der Waals surface area contributed by atoms with Gasteiger partial charge >= 0.3 is 0 Å². The van der Waals surface area contributed by atoms with Crippen LogP contribution in [0.1, 0.15) is 12.2 Å². The van der Waals surface area contributed by atoms with Gasteiger partial charge in [0.2, 0.25) is 0 Å². The molecule has 0 unspecified atom stereocenters. The van der Waals surface area contributed by atoms with Crippen LogP contribution in [0.15, 0.2) is 17.5 Å². The van der Waals surface area contributed by atoms with Gasteiger partial charge in [-0.1, -0.05) is 21.1 Å². The molecule has 5 heteroatoms. The second-order valence-electron chi connectivity index (χ2n) is 2.27. The van der Waals surface area contributed by atoms with E-state index in [-0.39, 0.29) is 0 Å². The standard InChI is InChI=1S/C7H10BrN3O/c8-2-1-4-11-5-3-9-7(11)6-10-12/h3,5-6,12H,1-2,4H2/b10-6-. The van der Waals surface area contributed by atoms with Gasteiger partial charge in [-0.15, -0.1) is 0 Å². The van der Waals surface area contributed by atoms with Gasteiger partial charge in [-0.2, -0.15) is 0 Å². The summed E-state index contributed by atoms with van der Waals surface area (Å²) in [4.78, 5) is 4.00. The third-order valence-corrected chi connectivity index (χ3v) is 2.01. The predicted octanol–water partition coefficient (Wildman–Crippen LogP) is 1.48. The molecule has 0 amide bonds. The maximum absolute atomic E-state index is 8.29. The van der Waals surface area contributed by atoms with E-state index in [1.54, 1.807) is 6.20 Å². The summed E-state index contributed by atoms with van der Waals surface area (Å²) in [5.74, 6) is 0.679. The second kappa shape index (κ2) is 4.92. The number of alkyl halides is 1. The fraction of sp³-hybridized carbons (Fsp3) is 0.429. The molecule has 0 aromatic carbocycles. The number of aryl methyl sites for hydroxylation is 1. The second-order valence-corrected chi connectivity index (χ2v) is 3.06.